The smallest absolute Gasteiger partial charge is 0.280 e. The van der Waals surface area contributed by atoms with Crippen LogP contribution in [-0.4, -0.2) is 41.5 Å². The Bertz CT molecular complexity index is 875. The van der Waals surface area contributed by atoms with E-state index in [-0.39, 0.29) is 12.5 Å². The quantitative estimate of drug-likeness (QED) is 0.792. The molecule has 1 aliphatic rings. The molecule has 0 bridgehead atoms. The fraction of sp³-hybridized carbons (Fsp3) is 0.500. The van der Waals surface area contributed by atoms with Crippen LogP contribution in [0.1, 0.15) is 36.4 Å². The van der Waals surface area contributed by atoms with Crippen LogP contribution < -0.4 is 10.0 Å². The summed E-state index contributed by atoms with van der Waals surface area (Å²) < 4.78 is 35.6. The molecule has 10 heteroatoms. The molecule has 0 spiro atoms. The Hall–Kier alpha value is -2.17. The minimum atomic E-state index is -3.78. The normalized spacial score (nSPS) is 23.0. The molecule has 2 unspecified atom stereocenters. The van der Waals surface area contributed by atoms with E-state index in [4.69, 9.17) is 4.42 Å². The third-order valence-electron chi connectivity index (χ3n) is 4.57. The van der Waals surface area contributed by atoms with Crippen LogP contribution in [0.3, 0.4) is 0 Å². The Kier molecular flexibility index (Phi) is 5.17. The molecule has 2 N–H and O–H groups in total. The third kappa shape index (κ3) is 3.67. The van der Waals surface area contributed by atoms with Crippen molar-refractivity contribution in [3.8, 4) is 0 Å². The molecule has 2 atom stereocenters. The summed E-state index contributed by atoms with van der Waals surface area (Å²) in [5, 5.41) is 7.10. The Morgan fingerprint density at radius 2 is 2.27 bits per heavy atom. The molecule has 0 radical (unpaired) electrons. The number of amides is 1. The number of carbonyl (C=O) groups is 1. The lowest BCUT2D eigenvalue weighted by Crippen LogP contribution is -2.57. The molecule has 1 amide bonds. The predicted octanol–water partition coefficient (Wildman–Crippen LogP) is 0.700. The average Bonchev–Trinajstić information content (AvgIpc) is 3.24. The second-order valence-corrected chi connectivity index (χ2v) is 8.03. The summed E-state index contributed by atoms with van der Waals surface area (Å²) in [6.07, 6.45) is 3.66. The topological polar surface area (TPSA) is 109 Å². The van der Waals surface area contributed by atoms with Gasteiger partial charge in [0.05, 0.1) is 24.5 Å². The van der Waals surface area contributed by atoms with Gasteiger partial charge in [-0.25, -0.2) is 0 Å². The van der Waals surface area contributed by atoms with E-state index in [9.17, 15) is 13.2 Å². The van der Waals surface area contributed by atoms with Gasteiger partial charge in [-0.05, 0) is 32.4 Å². The highest BCUT2D eigenvalue weighted by Gasteiger charge is 2.41. The lowest BCUT2D eigenvalue weighted by molar-refractivity contribution is -0.125. The second-order valence-electron chi connectivity index (χ2n) is 6.27. The van der Waals surface area contributed by atoms with E-state index in [0.29, 0.717) is 18.7 Å². The maximum absolute atomic E-state index is 12.6. The average molecular weight is 381 g/mol. The zero-order valence-corrected chi connectivity index (χ0v) is 15.8. The van der Waals surface area contributed by atoms with Gasteiger partial charge in [0.2, 0.25) is 5.91 Å². The Morgan fingerprint density at radius 1 is 1.50 bits per heavy atom. The number of nitrogens with zero attached hydrogens (tertiary/aromatic N) is 3. The highest BCUT2D eigenvalue weighted by Crippen LogP contribution is 2.29. The molecule has 9 nitrogen and oxygen atoms in total. The number of rotatable bonds is 5. The van der Waals surface area contributed by atoms with Crippen LogP contribution in [-0.2, 0) is 28.1 Å². The molecular weight excluding hydrogens is 358 g/mol. The minimum Gasteiger partial charge on any atom is -0.467 e. The van der Waals surface area contributed by atoms with Crippen LogP contribution in [0.4, 0.5) is 0 Å². The first-order chi connectivity index (χ1) is 12.3. The van der Waals surface area contributed by atoms with E-state index in [0.717, 1.165) is 15.6 Å². The van der Waals surface area contributed by atoms with Gasteiger partial charge < -0.3 is 9.73 Å². The lowest BCUT2D eigenvalue weighted by Gasteiger charge is -2.36. The van der Waals surface area contributed by atoms with Gasteiger partial charge in [-0.3, -0.25) is 9.48 Å². The molecule has 1 saturated heterocycles. The molecule has 3 heterocycles. The standard InChI is InChI=1S/C16H23N5O4S/c1-4-21-10-13(11(2)18-21)14-8-15(20(3)26(23,24)19-14)16(22)17-9-12-6-5-7-25-12/h5-7,10,14-15,19H,4,8-9H2,1-3H3,(H,17,22). The summed E-state index contributed by atoms with van der Waals surface area (Å²) in [5.74, 6) is 0.244. The Morgan fingerprint density at radius 3 is 2.88 bits per heavy atom. The predicted molar refractivity (Wildman–Crippen MR) is 94.2 cm³/mol. The number of carbonyl (C=O) groups excluding carboxylic acids is 1. The first-order valence-corrected chi connectivity index (χ1v) is 9.85. The van der Waals surface area contributed by atoms with Gasteiger partial charge in [0.25, 0.3) is 10.2 Å². The number of aryl methyl sites for hydroxylation is 2. The number of furan rings is 1. The van der Waals surface area contributed by atoms with Crippen LogP contribution in [0.15, 0.2) is 29.0 Å². The summed E-state index contributed by atoms with van der Waals surface area (Å²) in [6.45, 7) is 4.69. The van der Waals surface area contributed by atoms with E-state index in [2.05, 4.69) is 15.1 Å². The van der Waals surface area contributed by atoms with Crippen molar-refractivity contribution in [3.63, 3.8) is 0 Å². The summed E-state index contributed by atoms with van der Waals surface area (Å²) in [7, 11) is -2.38. The maximum atomic E-state index is 12.6. The van der Waals surface area contributed by atoms with Crippen LogP contribution in [0.5, 0.6) is 0 Å². The zero-order valence-electron chi connectivity index (χ0n) is 15.0. The minimum absolute atomic E-state index is 0.209. The van der Waals surface area contributed by atoms with Crippen molar-refractivity contribution in [1.29, 1.82) is 0 Å². The molecule has 2 aromatic rings. The maximum Gasteiger partial charge on any atom is 0.280 e. The van der Waals surface area contributed by atoms with Crippen LogP contribution in [0, 0.1) is 6.92 Å². The van der Waals surface area contributed by atoms with E-state index >= 15 is 0 Å². The van der Waals surface area contributed by atoms with Gasteiger partial charge in [0.1, 0.15) is 11.8 Å². The number of hydrogen-bond acceptors (Lipinski definition) is 5. The number of aromatic nitrogens is 2. The van der Waals surface area contributed by atoms with Crippen molar-refractivity contribution in [3.05, 3.63) is 41.6 Å². The number of likely N-dealkylation sites (N-methyl/N-ethyl adjacent to an activating group) is 1. The zero-order chi connectivity index (χ0) is 18.9. The van der Waals surface area contributed by atoms with Crippen molar-refractivity contribution in [2.75, 3.05) is 7.05 Å². The van der Waals surface area contributed by atoms with Gasteiger partial charge >= 0.3 is 0 Å². The van der Waals surface area contributed by atoms with Crippen LogP contribution >= 0.6 is 0 Å². The molecule has 0 aromatic carbocycles. The fourth-order valence-corrected chi connectivity index (χ4v) is 4.32. The van der Waals surface area contributed by atoms with Gasteiger partial charge in [-0.2, -0.15) is 22.5 Å². The molecular formula is C16H23N5O4S. The van der Waals surface area contributed by atoms with Gasteiger partial charge in [-0.15, -0.1) is 0 Å². The molecule has 26 heavy (non-hydrogen) atoms. The Balaban J connectivity index is 1.79. The summed E-state index contributed by atoms with van der Waals surface area (Å²) in [4.78, 5) is 12.6. The van der Waals surface area contributed by atoms with E-state index < -0.39 is 22.3 Å². The molecule has 0 aliphatic carbocycles. The SMILES string of the molecule is CCn1cc(C2CC(C(=O)NCc3ccco3)N(C)S(=O)(=O)N2)c(C)n1. The Labute approximate surface area is 152 Å². The highest BCUT2D eigenvalue weighted by molar-refractivity contribution is 7.87. The number of nitrogens with one attached hydrogen (secondary N) is 2. The van der Waals surface area contributed by atoms with E-state index in [1.165, 1.54) is 13.3 Å². The highest BCUT2D eigenvalue weighted by atomic mass is 32.2. The lowest BCUT2D eigenvalue weighted by atomic mass is 10.00. The van der Waals surface area contributed by atoms with Gasteiger partial charge in [0.15, 0.2) is 0 Å². The first kappa shape index (κ1) is 18.6. The molecule has 142 valence electrons. The summed E-state index contributed by atoms with van der Waals surface area (Å²) >= 11 is 0. The molecule has 1 fully saturated rings. The summed E-state index contributed by atoms with van der Waals surface area (Å²) in [6, 6.07) is 2.16. The van der Waals surface area contributed by atoms with Crippen LogP contribution in [0.25, 0.3) is 0 Å². The van der Waals surface area contributed by atoms with Crippen LogP contribution in [0.2, 0.25) is 0 Å². The van der Waals surface area contributed by atoms with E-state index in [1.54, 1.807) is 16.8 Å². The summed E-state index contributed by atoms with van der Waals surface area (Å²) in [5.41, 5.74) is 1.53. The first-order valence-electron chi connectivity index (χ1n) is 8.41. The van der Waals surface area contributed by atoms with Gasteiger partial charge in [0, 0.05) is 25.4 Å². The molecule has 0 saturated carbocycles. The van der Waals surface area contributed by atoms with Crippen molar-refractivity contribution in [2.45, 2.75) is 45.4 Å². The second kappa shape index (κ2) is 7.22. The fourth-order valence-electron chi connectivity index (χ4n) is 3.06. The monoisotopic (exact) mass is 381 g/mol. The number of hydrogen-bond donors (Lipinski definition) is 2. The van der Waals surface area contributed by atoms with Crippen molar-refractivity contribution >= 4 is 16.1 Å². The van der Waals surface area contributed by atoms with Gasteiger partial charge in [-0.1, -0.05) is 0 Å². The molecule has 1 aliphatic heterocycles. The van der Waals surface area contributed by atoms with E-state index in [1.807, 2.05) is 20.0 Å². The molecule has 2 aromatic heterocycles. The van der Waals surface area contributed by atoms with Crippen molar-refractivity contribution < 1.29 is 17.6 Å². The molecule has 3 rings (SSSR count). The van der Waals surface area contributed by atoms with Crippen molar-refractivity contribution in [1.82, 2.24) is 24.1 Å². The largest absolute Gasteiger partial charge is 0.467 e. The third-order valence-corrected chi connectivity index (χ3v) is 6.17. The van der Waals surface area contributed by atoms with Crippen molar-refractivity contribution in [2.24, 2.45) is 0 Å².